The Hall–Kier alpha value is -4.73. The molecule has 0 saturated carbocycles. The predicted octanol–water partition coefficient (Wildman–Crippen LogP) is 5.98. The fraction of sp³-hybridized carbons (Fsp3) is 0.182. The largest absolute Gasteiger partial charge is 0.489 e. The maximum atomic E-state index is 12.7. The molecule has 0 radical (unpaired) electrons. The summed E-state index contributed by atoms with van der Waals surface area (Å²) < 4.78 is 17.1. The van der Waals surface area contributed by atoms with E-state index in [0.717, 1.165) is 44.6 Å². The van der Waals surface area contributed by atoms with Gasteiger partial charge in [0.1, 0.15) is 23.1 Å². The molecule has 0 unspecified atom stereocenters. The molecule has 1 N–H and O–H groups in total. The highest BCUT2D eigenvalue weighted by Crippen LogP contribution is 2.33. The molecule has 0 fully saturated rings. The van der Waals surface area contributed by atoms with Gasteiger partial charge >= 0.3 is 0 Å². The zero-order chi connectivity index (χ0) is 28.6. The van der Waals surface area contributed by atoms with Gasteiger partial charge < -0.3 is 19.5 Å². The lowest BCUT2D eigenvalue weighted by molar-refractivity contribution is 0.0945. The molecule has 5 aromatic rings. The number of nitrogens with zero attached hydrogens (tertiary/aromatic N) is 3. The van der Waals surface area contributed by atoms with Gasteiger partial charge in [-0.1, -0.05) is 54.6 Å². The first-order chi connectivity index (χ1) is 20.7. The number of carbonyl (C=O) groups is 1. The molecule has 0 atom stereocenters. The molecule has 2 aromatic heterocycles. The molecule has 6 rings (SSSR count). The lowest BCUT2D eigenvalue weighted by Gasteiger charge is -2.22. The van der Waals surface area contributed by atoms with E-state index in [2.05, 4.69) is 50.5 Å². The zero-order valence-electron chi connectivity index (χ0n) is 22.9. The van der Waals surface area contributed by atoms with Crippen LogP contribution in [0, 0.1) is 0 Å². The van der Waals surface area contributed by atoms with Gasteiger partial charge in [-0.25, -0.2) is 4.98 Å². The van der Waals surface area contributed by atoms with Crippen molar-refractivity contribution in [3.8, 4) is 17.2 Å². The first kappa shape index (κ1) is 27.4. The van der Waals surface area contributed by atoms with Crippen LogP contribution < -0.4 is 19.5 Å². The van der Waals surface area contributed by atoms with Gasteiger partial charge in [0, 0.05) is 24.7 Å². The van der Waals surface area contributed by atoms with Gasteiger partial charge in [0.25, 0.3) is 5.91 Å². The fourth-order valence-electron chi connectivity index (χ4n) is 4.60. The number of carbonyl (C=O) groups excluding carboxylic acids is 1. The number of amides is 1. The van der Waals surface area contributed by atoms with Gasteiger partial charge in [0.15, 0.2) is 11.5 Å². The molecule has 0 saturated heterocycles. The molecular weight excluding hydrogens is 548 g/mol. The smallest absolute Gasteiger partial charge is 0.271 e. The highest BCUT2D eigenvalue weighted by Gasteiger charge is 2.17. The van der Waals surface area contributed by atoms with Crippen LogP contribution in [0.1, 0.15) is 37.9 Å². The molecule has 1 aliphatic heterocycles. The average molecular weight is 579 g/mol. The minimum absolute atomic E-state index is 0.212. The van der Waals surface area contributed by atoms with Crippen molar-refractivity contribution in [1.82, 2.24) is 20.2 Å². The van der Waals surface area contributed by atoms with Gasteiger partial charge in [0.2, 0.25) is 6.79 Å². The molecule has 1 amide bonds. The minimum Gasteiger partial charge on any atom is -0.489 e. The highest BCUT2D eigenvalue weighted by atomic mass is 32.1. The minimum atomic E-state index is -0.212. The number of benzene rings is 3. The maximum absolute atomic E-state index is 12.7. The normalized spacial score (nSPS) is 11.9. The van der Waals surface area contributed by atoms with Crippen LogP contribution in [0.4, 0.5) is 0 Å². The molecule has 0 bridgehead atoms. The van der Waals surface area contributed by atoms with Crippen LogP contribution in [-0.4, -0.2) is 27.6 Å². The Morgan fingerprint density at radius 3 is 2.48 bits per heavy atom. The topological polar surface area (TPSA) is 85.8 Å². The molecule has 212 valence electrons. The summed E-state index contributed by atoms with van der Waals surface area (Å²) in [5.41, 5.74) is 4.59. The summed E-state index contributed by atoms with van der Waals surface area (Å²) in [6.45, 7) is 3.06. The molecule has 8 nitrogen and oxygen atoms in total. The number of hydrogen-bond donors (Lipinski definition) is 1. The van der Waals surface area contributed by atoms with E-state index < -0.39 is 0 Å². The van der Waals surface area contributed by atoms with Crippen LogP contribution in [0.25, 0.3) is 0 Å². The van der Waals surface area contributed by atoms with E-state index in [9.17, 15) is 4.79 Å². The Balaban J connectivity index is 1.12. The van der Waals surface area contributed by atoms with Gasteiger partial charge in [-0.15, -0.1) is 11.3 Å². The summed E-state index contributed by atoms with van der Waals surface area (Å²) in [4.78, 5) is 23.9. The van der Waals surface area contributed by atoms with Crippen molar-refractivity contribution < 1.29 is 19.0 Å². The maximum Gasteiger partial charge on any atom is 0.271 e. The van der Waals surface area contributed by atoms with Crippen molar-refractivity contribution in [3.63, 3.8) is 0 Å². The summed E-state index contributed by atoms with van der Waals surface area (Å²) in [7, 11) is 0. The first-order valence-electron chi connectivity index (χ1n) is 13.7. The Kier molecular flexibility index (Phi) is 8.68. The Morgan fingerprint density at radius 1 is 0.857 bits per heavy atom. The summed E-state index contributed by atoms with van der Waals surface area (Å²) in [6, 6.07) is 30.0. The molecule has 3 heterocycles. The molecular formula is C33H30N4O4S. The summed E-state index contributed by atoms with van der Waals surface area (Å²) >= 11 is 1.48. The Labute approximate surface area is 248 Å². The van der Waals surface area contributed by atoms with Gasteiger partial charge in [-0.05, 0) is 53.1 Å². The number of thiazole rings is 1. The zero-order valence-corrected chi connectivity index (χ0v) is 23.8. The van der Waals surface area contributed by atoms with Gasteiger partial charge in [0.05, 0.1) is 18.8 Å². The third-order valence-electron chi connectivity index (χ3n) is 6.72. The van der Waals surface area contributed by atoms with Gasteiger partial charge in [-0.2, -0.15) is 0 Å². The van der Waals surface area contributed by atoms with Crippen LogP contribution in [0.5, 0.6) is 17.2 Å². The molecule has 3 aromatic carbocycles. The van der Waals surface area contributed by atoms with Crippen molar-refractivity contribution in [3.05, 3.63) is 136 Å². The third-order valence-corrected chi connectivity index (χ3v) is 7.55. The van der Waals surface area contributed by atoms with E-state index in [1.54, 1.807) is 11.6 Å². The molecule has 0 spiro atoms. The molecule has 0 aliphatic carbocycles. The number of aromatic nitrogens is 2. The Bertz CT molecular complexity index is 1610. The second kappa shape index (κ2) is 13.3. The second-order valence-electron chi connectivity index (χ2n) is 9.88. The number of nitrogens with one attached hydrogen (secondary N) is 1. The molecule has 9 heteroatoms. The Morgan fingerprint density at radius 2 is 1.64 bits per heavy atom. The fourth-order valence-corrected chi connectivity index (χ4v) is 5.41. The molecule has 1 aliphatic rings. The number of rotatable bonds is 12. The van der Waals surface area contributed by atoms with Crippen LogP contribution >= 0.6 is 11.3 Å². The van der Waals surface area contributed by atoms with Crippen molar-refractivity contribution in [2.24, 2.45) is 0 Å². The van der Waals surface area contributed by atoms with Gasteiger partial charge in [-0.3, -0.25) is 14.7 Å². The van der Waals surface area contributed by atoms with Crippen molar-refractivity contribution >= 4 is 17.2 Å². The van der Waals surface area contributed by atoms with E-state index in [-0.39, 0.29) is 12.7 Å². The van der Waals surface area contributed by atoms with E-state index in [4.69, 9.17) is 14.2 Å². The highest BCUT2D eigenvalue weighted by molar-refractivity contribution is 7.09. The van der Waals surface area contributed by atoms with Crippen LogP contribution in [-0.2, 0) is 32.8 Å². The van der Waals surface area contributed by atoms with Crippen molar-refractivity contribution in [1.29, 1.82) is 0 Å². The van der Waals surface area contributed by atoms with Crippen LogP contribution in [0.2, 0.25) is 0 Å². The monoisotopic (exact) mass is 578 g/mol. The van der Waals surface area contributed by atoms with E-state index in [1.165, 1.54) is 11.3 Å². The summed E-state index contributed by atoms with van der Waals surface area (Å²) in [6.07, 6.45) is 1.71. The van der Waals surface area contributed by atoms with Crippen LogP contribution in [0.15, 0.2) is 103 Å². The molecule has 42 heavy (non-hydrogen) atoms. The standard InChI is InChI=1S/C33H30N4O4S/c38-33(35-17-27-8-4-5-15-34-27)29-22-42-32(36-29)20-37(19-26-11-14-30-31(16-26)41-23-40-30)18-24-9-12-28(13-10-24)39-21-25-6-2-1-3-7-25/h1-16,22H,17-21,23H2,(H,35,38). The van der Waals surface area contributed by atoms with E-state index in [0.29, 0.717) is 38.5 Å². The van der Waals surface area contributed by atoms with Crippen LogP contribution in [0.3, 0.4) is 0 Å². The van der Waals surface area contributed by atoms with E-state index in [1.807, 2.05) is 60.7 Å². The van der Waals surface area contributed by atoms with Crippen molar-refractivity contribution in [2.45, 2.75) is 32.8 Å². The summed E-state index contributed by atoms with van der Waals surface area (Å²) in [5.74, 6) is 2.13. The lowest BCUT2D eigenvalue weighted by atomic mass is 10.1. The second-order valence-corrected chi connectivity index (χ2v) is 10.8. The quantitative estimate of drug-likeness (QED) is 0.195. The third kappa shape index (κ3) is 7.31. The van der Waals surface area contributed by atoms with Crippen molar-refractivity contribution in [2.75, 3.05) is 6.79 Å². The number of hydrogen-bond acceptors (Lipinski definition) is 8. The lowest BCUT2D eigenvalue weighted by Crippen LogP contribution is -2.24. The first-order valence-corrected chi connectivity index (χ1v) is 14.5. The summed E-state index contributed by atoms with van der Waals surface area (Å²) in [5, 5.41) is 5.57. The predicted molar refractivity (Wildman–Crippen MR) is 160 cm³/mol. The van der Waals surface area contributed by atoms with E-state index >= 15 is 0 Å². The SMILES string of the molecule is O=C(NCc1ccccn1)c1csc(CN(Cc2ccc(OCc3ccccc3)cc2)Cc2ccc3c(c2)OCO3)n1. The number of ether oxygens (including phenoxy) is 3. The number of pyridine rings is 1. The number of fused-ring (bicyclic) bond motifs is 1. The average Bonchev–Trinajstić information content (AvgIpc) is 3.70.